The lowest BCUT2D eigenvalue weighted by Crippen LogP contribution is -2.12. The van der Waals surface area contributed by atoms with Crippen molar-refractivity contribution in [2.24, 2.45) is 0 Å². The third-order valence-electron chi connectivity index (χ3n) is 1.69. The topological polar surface area (TPSA) is 66.4 Å². The fourth-order valence-corrected chi connectivity index (χ4v) is 2.23. The zero-order valence-electron chi connectivity index (χ0n) is 7.49. The van der Waals surface area contributed by atoms with Crippen LogP contribution in [0.5, 0.6) is 0 Å². The molecule has 0 bridgehead atoms. The molecule has 0 unspecified atom stereocenters. The van der Waals surface area contributed by atoms with E-state index in [9.17, 15) is 12.8 Å². The fraction of sp³-hybridized carbons (Fsp3) is 0.250. The zero-order valence-corrected chi connectivity index (χ0v) is 8.31. The molecule has 6 heteroatoms. The summed E-state index contributed by atoms with van der Waals surface area (Å²) in [6, 6.07) is 3.89. The lowest BCUT2D eigenvalue weighted by Gasteiger charge is -2.07. The predicted molar refractivity (Wildman–Crippen MR) is 48.1 cm³/mol. The maximum atomic E-state index is 13.2. The first kappa shape index (κ1) is 11.1. The third kappa shape index (κ3) is 2.28. The first-order chi connectivity index (χ1) is 6.46. The molecule has 0 fully saturated rings. The molecule has 0 atom stereocenters. The number of sulfone groups is 1. The number of hydrogen-bond donors (Lipinski definition) is 2. The van der Waals surface area contributed by atoms with Gasteiger partial charge in [-0.05, 0) is 11.6 Å². The monoisotopic (exact) mass is 219 g/mol. The van der Waals surface area contributed by atoms with Crippen molar-refractivity contribution in [1.29, 1.82) is 0 Å². The minimum atomic E-state index is -3.61. The Hall–Kier alpha value is -0.980. The van der Waals surface area contributed by atoms with Crippen LogP contribution in [0.3, 0.4) is 0 Å². The van der Waals surface area contributed by atoms with Gasteiger partial charge in [0.25, 0.3) is 0 Å². The van der Waals surface area contributed by atoms with Crippen molar-refractivity contribution >= 4 is 9.84 Å². The maximum absolute atomic E-state index is 13.2. The average molecular weight is 219 g/mol. The van der Waals surface area contributed by atoms with E-state index in [1.165, 1.54) is 12.1 Å². The molecule has 0 saturated carbocycles. The molecule has 0 heterocycles. The van der Waals surface area contributed by atoms with E-state index in [2.05, 4.69) is 0 Å². The summed E-state index contributed by atoms with van der Waals surface area (Å²) >= 11 is 0. The molecule has 2 N–H and O–H groups in total. The summed E-state index contributed by atoms with van der Waals surface area (Å²) in [7, 11) is -3.61. The molecule has 0 amide bonds. The summed E-state index contributed by atoms with van der Waals surface area (Å²) in [5.41, 5.74) is 2.00. The van der Waals surface area contributed by atoms with E-state index in [0.29, 0.717) is 0 Å². The van der Waals surface area contributed by atoms with Crippen LogP contribution in [-0.2, 0) is 16.4 Å². The van der Waals surface area contributed by atoms with Gasteiger partial charge in [0.05, 0.1) is 0 Å². The zero-order chi connectivity index (χ0) is 10.8. The van der Waals surface area contributed by atoms with Gasteiger partial charge in [-0.2, -0.15) is 0 Å². The van der Waals surface area contributed by atoms with Gasteiger partial charge in [-0.25, -0.2) is 18.3 Å². The molecule has 78 valence electrons. The first-order valence-corrected chi connectivity index (χ1v) is 5.70. The van der Waals surface area contributed by atoms with Gasteiger partial charge in [-0.1, -0.05) is 12.1 Å². The molecule has 0 aliphatic carbocycles. The van der Waals surface area contributed by atoms with E-state index in [-0.39, 0.29) is 17.0 Å². The molecule has 4 nitrogen and oxygen atoms in total. The van der Waals surface area contributed by atoms with Crippen LogP contribution in [0.15, 0.2) is 23.1 Å². The number of hydrogen-bond acceptors (Lipinski definition) is 4. The number of nitrogens with one attached hydrogen (secondary N) is 1. The molecule has 0 aromatic heterocycles. The SMILES string of the molecule is CS(=O)(=O)c1c(F)cccc1CNO. The number of rotatable bonds is 3. The number of benzene rings is 1. The Balaban J connectivity index is 3.37. The third-order valence-corrected chi connectivity index (χ3v) is 2.89. The van der Waals surface area contributed by atoms with Crippen molar-refractivity contribution in [2.75, 3.05) is 6.26 Å². The quantitative estimate of drug-likeness (QED) is 0.735. The fourth-order valence-electron chi connectivity index (χ4n) is 1.19. The second kappa shape index (κ2) is 4.04. The van der Waals surface area contributed by atoms with Crippen LogP contribution in [0.25, 0.3) is 0 Å². The molecule has 0 radical (unpaired) electrons. The average Bonchev–Trinajstić information content (AvgIpc) is 2.02. The van der Waals surface area contributed by atoms with Crippen molar-refractivity contribution in [2.45, 2.75) is 11.4 Å². The van der Waals surface area contributed by atoms with E-state index >= 15 is 0 Å². The summed E-state index contributed by atoms with van der Waals surface area (Å²) in [5, 5.41) is 8.43. The normalized spacial score (nSPS) is 11.6. The summed E-state index contributed by atoms with van der Waals surface area (Å²) in [6.45, 7) is -0.111. The minimum absolute atomic E-state index is 0.111. The Morgan fingerprint density at radius 1 is 1.50 bits per heavy atom. The van der Waals surface area contributed by atoms with Crippen LogP contribution in [0.2, 0.25) is 0 Å². The van der Waals surface area contributed by atoms with Crippen LogP contribution >= 0.6 is 0 Å². The number of hydroxylamine groups is 1. The second-order valence-electron chi connectivity index (χ2n) is 2.84. The number of halogens is 1. The van der Waals surface area contributed by atoms with Crippen LogP contribution in [0.4, 0.5) is 4.39 Å². The van der Waals surface area contributed by atoms with Gasteiger partial charge < -0.3 is 5.21 Å². The second-order valence-corrected chi connectivity index (χ2v) is 4.79. The lowest BCUT2D eigenvalue weighted by atomic mass is 10.2. The molecular formula is C8H10FNO3S. The highest BCUT2D eigenvalue weighted by atomic mass is 32.2. The van der Waals surface area contributed by atoms with E-state index in [0.717, 1.165) is 12.3 Å². The van der Waals surface area contributed by atoms with Crippen LogP contribution < -0.4 is 5.48 Å². The Morgan fingerprint density at radius 2 is 2.14 bits per heavy atom. The van der Waals surface area contributed by atoms with E-state index in [4.69, 9.17) is 5.21 Å². The van der Waals surface area contributed by atoms with Crippen molar-refractivity contribution in [1.82, 2.24) is 5.48 Å². The Morgan fingerprint density at radius 3 is 2.64 bits per heavy atom. The molecule has 1 rings (SSSR count). The largest absolute Gasteiger partial charge is 0.316 e. The standard InChI is InChI=1S/C8H10FNO3S/c1-14(12,13)8-6(5-10-11)3-2-4-7(8)9/h2-4,10-11H,5H2,1H3. The van der Waals surface area contributed by atoms with Gasteiger partial charge in [0, 0.05) is 12.8 Å². The van der Waals surface area contributed by atoms with Crippen LogP contribution in [0, 0.1) is 5.82 Å². The first-order valence-electron chi connectivity index (χ1n) is 3.81. The highest BCUT2D eigenvalue weighted by Crippen LogP contribution is 2.19. The molecule has 14 heavy (non-hydrogen) atoms. The van der Waals surface area contributed by atoms with E-state index in [1.54, 1.807) is 5.48 Å². The van der Waals surface area contributed by atoms with Crippen LogP contribution in [0.1, 0.15) is 5.56 Å². The minimum Gasteiger partial charge on any atom is -0.316 e. The summed E-state index contributed by atoms with van der Waals surface area (Å²) in [6.07, 6.45) is 0.923. The molecule has 1 aromatic rings. The van der Waals surface area contributed by atoms with Gasteiger partial charge in [-0.3, -0.25) is 0 Å². The van der Waals surface area contributed by atoms with Gasteiger partial charge in [-0.15, -0.1) is 0 Å². The maximum Gasteiger partial charge on any atom is 0.178 e. The molecule has 0 aliphatic rings. The summed E-state index contributed by atoms with van der Waals surface area (Å²) < 4.78 is 35.6. The summed E-state index contributed by atoms with van der Waals surface area (Å²) in [5.74, 6) is -0.805. The van der Waals surface area contributed by atoms with Crippen molar-refractivity contribution in [3.8, 4) is 0 Å². The Bertz CT molecular complexity index is 430. The van der Waals surface area contributed by atoms with E-state index in [1.807, 2.05) is 0 Å². The van der Waals surface area contributed by atoms with Gasteiger partial charge in [0.1, 0.15) is 10.7 Å². The summed E-state index contributed by atoms with van der Waals surface area (Å²) in [4.78, 5) is -0.374. The predicted octanol–water partition coefficient (Wildman–Crippen LogP) is 0.708. The van der Waals surface area contributed by atoms with Gasteiger partial charge >= 0.3 is 0 Å². The lowest BCUT2D eigenvalue weighted by molar-refractivity contribution is 0.160. The van der Waals surface area contributed by atoms with Crippen molar-refractivity contribution in [3.63, 3.8) is 0 Å². The Kier molecular flexibility index (Phi) is 3.20. The van der Waals surface area contributed by atoms with Gasteiger partial charge in [0.15, 0.2) is 9.84 Å². The van der Waals surface area contributed by atoms with Crippen molar-refractivity contribution in [3.05, 3.63) is 29.6 Å². The Labute approximate surface area is 81.3 Å². The molecular weight excluding hydrogens is 209 g/mol. The van der Waals surface area contributed by atoms with Crippen molar-refractivity contribution < 1.29 is 18.0 Å². The van der Waals surface area contributed by atoms with Gasteiger partial charge in [0.2, 0.25) is 0 Å². The highest BCUT2D eigenvalue weighted by molar-refractivity contribution is 7.90. The molecule has 0 saturated heterocycles. The van der Waals surface area contributed by atoms with Crippen LogP contribution in [-0.4, -0.2) is 19.9 Å². The molecule has 0 aliphatic heterocycles. The smallest absolute Gasteiger partial charge is 0.178 e. The highest BCUT2D eigenvalue weighted by Gasteiger charge is 2.17. The molecule has 0 spiro atoms. The van der Waals surface area contributed by atoms with E-state index < -0.39 is 15.7 Å². The molecule has 1 aromatic carbocycles.